The SMILES string of the molecule is CC1(C)C(O)CC1NCC1CCCCN1. The first-order valence-electron chi connectivity index (χ1n) is 6.25. The molecule has 1 saturated heterocycles. The summed E-state index contributed by atoms with van der Waals surface area (Å²) in [6.45, 7) is 6.52. The van der Waals surface area contributed by atoms with Gasteiger partial charge in [0.2, 0.25) is 0 Å². The largest absolute Gasteiger partial charge is 0.392 e. The standard InChI is InChI=1S/C12H24N2O/c1-12(2)10(7-11(12)15)14-8-9-5-3-4-6-13-9/h9-11,13-15H,3-8H2,1-2H3. The van der Waals surface area contributed by atoms with Gasteiger partial charge in [-0.15, -0.1) is 0 Å². The van der Waals surface area contributed by atoms with Crippen LogP contribution in [0, 0.1) is 5.41 Å². The maximum Gasteiger partial charge on any atom is 0.0621 e. The Labute approximate surface area is 92.6 Å². The van der Waals surface area contributed by atoms with Gasteiger partial charge in [-0.1, -0.05) is 20.3 Å². The Morgan fingerprint density at radius 2 is 2.20 bits per heavy atom. The summed E-state index contributed by atoms with van der Waals surface area (Å²) in [5, 5.41) is 16.8. The summed E-state index contributed by atoms with van der Waals surface area (Å²) in [6.07, 6.45) is 4.78. The molecule has 0 aromatic rings. The molecule has 2 fully saturated rings. The number of aliphatic hydroxyl groups excluding tert-OH is 1. The summed E-state index contributed by atoms with van der Waals surface area (Å²) in [4.78, 5) is 0. The van der Waals surface area contributed by atoms with Crippen molar-refractivity contribution >= 4 is 0 Å². The van der Waals surface area contributed by atoms with E-state index in [1.807, 2.05) is 0 Å². The molecular weight excluding hydrogens is 188 g/mol. The van der Waals surface area contributed by atoms with E-state index in [1.165, 1.54) is 25.8 Å². The van der Waals surface area contributed by atoms with Crippen LogP contribution in [0.5, 0.6) is 0 Å². The molecule has 88 valence electrons. The van der Waals surface area contributed by atoms with Gasteiger partial charge in [-0.25, -0.2) is 0 Å². The number of aliphatic hydroxyl groups is 1. The highest BCUT2D eigenvalue weighted by Crippen LogP contribution is 2.40. The van der Waals surface area contributed by atoms with E-state index in [1.54, 1.807) is 0 Å². The third-order valence-corrected chi connectivity index (χ3v) is 4.24. The van der Waals surface area contributed by atoms with Crippen LogP contribution in [-0.2, 0) is 0 Å². The van der Waals surface area contributed by atoms with E-state index in [2.05, 4.69) is 24.5 Å². The Hall–Kier alpha value is -0.120. The Morgan fingerprint density at radius 3 is 2.73 bits per heavy atom. The minimum Gasteiger partial charge on any atom is -0.392 e. The van der Waals surface area contributed by atoms with Crippen LogP contribution in [0.2, 0.25) is 0 Å². The second-order valence-corrected chi connectivity index (χ2v) is 5.68. The smallest absolute Gasteiger partial charge is 0.0621 e. The molecule has 0 aromatic carbocycles. The van der Waals surface area contributed by atoms with Crippen molar-refractivity contribution in [3.63, 3.8) is 0 Å². The van der Waals surface area contributed by atoms with Gasteiger partial charge in [0.05, 0.1) is 6.10 Å². The van der Waals surface area contributed by atoms with Gasteiger partial charge >= 0.3 is 0 Å². The Morgan fingerprint density at radius 1 is 1.40 bits per heavy atom. The number of nitrogens with one attached hydrogen (secondary N) is 2. The number of piperidine rings is 1. The van der Waals surface area contributed by atoms with Crippen LogP contribution in [0.1, 0.15) is 39.5 Å². The monoisotopic (exact) mass is 212 g/mol. The zero-order valence-corrected chi connectivity index (χ0v) is 9.92. The van der Waals surface area contributed by atoms with Gasteiger partial charge in [0.1, 0.15) is 0 Å². The normalized spacial score (nSPS) is 39.8. The van der Waals surface area contributed by atoms with Gasteiger partial charge in [-0.2, -0.15) is 0 Å². The maximum absolute atomic E-state index is 9.63. The lowest BCUT2D eigenvalue weighted by Crippen LogP contribution is -2.61. The summed E-state index contributed by atoms with van der Waals surface area (Å²) < 4.78 is 0. The quantitative estimate of drug-likeness (QED) is 0.650. The summed E-state index contributed by atoms with van der Waals surface area (Å²) >= 11 is 0. The fourth-order valence-corrected chi connectivity index (χ4v) is 2.63. The molecule has 3 atom stereocenters. The van der Waals surface area contributed by atoms with Crippen LogP contribution >= 0.6 is 0 Å². The number of hydrogen-bond donors (Lipinski definition) is 3. The molecule has 3 unspecified atom stereocenters. The minimum absolute atomic E-state index is 0.0642. The average Bonchev–Trinajstić information content (AvgIpc) is 2.25. The van der Waals surface area contributed by atoms with Crippen molar-refractivity contribution in [3.8, 4) is 0 Å². The van der Waals surface area contributed by atoms with Gasteiger partial charge in [0, 0.05) is 24.0 Å². The van der Waals surface area contributed by atoms with E-state index in [9.17, 15) is 5.11 Å². The first-order valence-corrected chi connectivity index (χ1v) is 6.25. The highest BCUT2D eigenvalue weighted by molar-refractivity contribution is 5.02. The van der Waals surface area contributed by atoms with Crippen LogP contribution in [0.4, 0.5) is 0 Å². The molecule has 1 saturated carbocycles. The van der Waals surface area contributed by atoms with Crippen LogP contribution < -0.4 is 10.6 Å². The van der Waals surface area contributed by atoms with Crippen molar-refractivity contribution in [3.05, 3.63) is 0 Å². The predicted octanol–water partition coefficient (Wildman–Crippen LogP) is 0.877. The van der Waals surface area contributed by atoms with Crippen LogP contribution in [0.3, 0.4) is 0 Å². The molecule has 3 N–H and O–H groups in total. The van der Waals surface area contributed by atoms with Gasteiger partial charge in [0.15, 0.2) is 0 Å². The molecular formula is C12H24N2O. The maximum atomic E-state index is 9.63. The lowest BCUT2D eigenvalue weighted by Gasteiger charge is -2.50. The molecule has 0 spiro atoms. The number of hydrogen-bond acceptors (Lipinski definition) is 3. The van der Waals surface area contributed by atoms with Crippen molar-refractivity contribution in [1.29, 1.82) is 0 Å². The topological polar surface area (TPSA) is 44.3 Å². The summed E-state index contributed by atoms with van der Waals surface area (Å²) in [6, 6.07) is 1.14. The molecule has 0 aromatic heterocycles. The van der Waals surface area contributed by atoms with Gasteiger partial charge in [-0.05, 0) is 25.8 Å². The van der Waals surface area contributed by atoms with Crippen molar-refractivity contribution in [1.82, 2.24) is 10.6 Å². The Kier molecular flexibility index (Phi) is 3.33. The van der Waals surface area contributed by atoms with Crippen LogP contribution in [0.25, 0.3) is 0 Å². The highest BCUT2D eigenvalue weighted by atomic mass is 16.3. The van der Waals surface area contributed by atoms with E-state index >= 15 is 0 Å². The summed E-state index contributed by atoms with van der Waals surface area (Å²) in [7, 11) is 0. The molecule has 3 nitrogen and oxygen atoms in total. The van der Waals surface area contributed by atoms with E-state index in [0.717, 1.165) is 13.0 Å². The fraction of sp³-hybridized carbons (Fsp3) is 1.00. The fourth-order valence-electron chi connectivity index (χ4n) is 2.63. The van der Waals surface area contributed by atoms with Gasteiger partial charge < -0.3 is 15.7 Å². The highest BCUT2D eigenvalue weighted by Gasteiger charge is 2.46. The van der Waals surface area contributed by atoms with Crippen molar-refractivity contribution < 1.29 is 5.11 Å². The second kappa shape index (κ2) is 4.40. The second-order valence-electron chi connectivity index (χ2n) is 5.68. The molecule has 0 radical (unpaired) electrons. The molecule has 2 rings (SSSR count). The van der Waals surface area contributed by atoms with Gasteiger partial charge in [-0.3, -0.25) is 0 Å². The van der Waals surface area contributed by atoms with E-state index in [0.29, 0.717) is 12.1 Å². The van der Waals surface area contributed by atoms with Crippen molar-refractivity contribution in [2.45, 2.75) is 57.7 Å². The van der Waals surface area contributed by atoms with Crippen molar-refractivity contribution in [2.24, 2.45) is 5.41 Å². The molecule has 0 bridgehead atoms. The van der Waals surface area contributed by atoms with E-state index in [4.69, 9.17) is 0 Å². The van der Waals surface area contributed by atoms with Crippen molar-refractivity contribution in [2.75, 3.05) is 13.1 Å². The molecule has 0 amide bonds. The molecule has 1 aliphatic heterocycles. The third kappa shape index (κ3) is 2.35. The minimum atomic E-state index is -0.116. The zero-order chi connectivity index (χ0) is 10.9. The Balaban J connectivity index is 1.70. The summed E-state index contributed by atoms with van der Waals surface area (Å²) in [5.74, 6) is 0. The molecule has 3 heteroatoms. The van der Waals surface area contributed by atoms with Gasteiger partial charge in [0.25, 0.3) is 0 Å². The molecule has 2 aliphatic rings. The first kappa shape index (κ1) is 11.4. The molecule has 1 aliphatic carbocycles. The molecule has 15 heavy (non-hydrogen) atoms. The zero-order valence-electron chi connectivity index (χ0n) is 9.92. The molecule has 1 heterocycles. The summed E-state index contributed by atoms with van der Waals surface area (Å²) in [5.41, 5.74) is 0.0642. The Bertz CT molecular complexity index is 212. The van der Waals surface area contributed by atoms with Crippen LogP contribution in [0.15, 0.2) is 0 Å². The number of rotatable bonds is 3. The first-order chi connectivity index (χ1) is 7.10. The van der Waals surface area contributed by atoms with E-state index < -0.39 is 0 Å². The predicted molar refractivity (Wildman–Crippen MR) is 61.8 cm³/mol. The lowest BCUT2D eigenvalue weighted by molar-refractivity contribution is -0.0729. The third-order valence-electron chi connectivity index (χ3n) is 4.24. The lowest BCUT2D eigenvalue weighted by atomic mass is 9.64. The van der Waals surface area contributed by atoms with Crippen LogP contribution in [-0.4, -0.2) is 36.4 Å². The van der Waals surface area contributed by atoms with E-state index in [-0.39, 0.29) is 11.5 Å². The average molecular weight is 212 g/mol.